The van der Waals surface area contributed by atoms with Crippen LogP contribution in [0.25, 0.3) is 0 Å². The molecule has 0 aliphatic heterocycles. The SMILES string of the molecule is CCCCN(C)CC.CCN(C)C. The van der Waals surface area contributed by atoms with Crippen molar-refractivity contribution < 1.29 is 0 Å². The molecule has 82 valence electrons. The van der Waals surface area contributed by atoms with Crippen LogP contribution in [0.4, 0.5) is 0 Å². The van der Waals surface area contributed by atoms with Crippen LogP contribution in [0.1, 0.15) is 33.6 Å². The van der Waals surface area contributed by atoms with E-state index in [1.54, 1.807) is 0 Å². The molecule has 0 amide bonds. The highest BCUT2D eigenvalue weighted by Crippen LogP contribution is 1.89. The first kappa shape index (κ1) is 15.4. The number of hydrogen-bond acceptors (Lipinski definition) is 2. The number of rotatable bonds is 5. The van der Waals surface area contributed by atoms with Gasteiger partial charge >= 0.3 is 0 Å². The van der Waals surface area contributed by atoms with E-state index in [0.29, 0.717) is 0 Å². The summed E-state index contributed by atoms with van der Waals surface area (Å²) in [6.07, 6.45) is 2.65. The molecule has 0 rings (SSSR count). The van der Waals surface area contributed by atoms with E-state index in [-0.39, 0.29) is 0 Å². The molecule has 0 aromatic heterocycles. The van der Waals surface area contributed by atoms with Crippen molar-refractivity contribution in [2.45, 2.75) is 33.6 Å². The third kappa shape index (κ3) is 18.7. The van der Waals surface area contributed by atoms with Crippen LogP contribution in [-0.4, -0.2) is 50.6 Å². The molecule has 0 N–H and O–H groups in total. The molecule has 0 unspecified atom stereocenters. The van der Waals surface area contributed by atoms with Gasteiger partial charge in [-0.1, -0.05) is 27.2 Å². The lowest BCUT2D eigenvalue weighted by Crippen LogP contribution is -2.18. The van der Waals surface area contributed by atoms with Crippen LogP contribution < -0.4 is 0 Å². The average molecular weight is 188 g/mol. The molecule has 13 heavy (non-hydrogen) atoms. The van der Waals surface area contributed by atoms with Gasteiger partial charge in [0.2, 0.25) is 0 Å². The zero-order valence-electron chi connectivity index (χ0n) is 10.4. The number of nitrogens with zero attached hydrogens (tertiary/aromatic N) is 2. The Morgan fingerprint density at radius 2 is 1.31 bits per heavy atom. The molecule has 0 aromatic rings. The lowest BCUT2D eigenvalue weighted by atomic mass is 10.3. The van der Waals surface area contributed by atoms with E-state index in [4.69, 9.17) is 0 Å². The zero-order valence-corrected chi connectivity index (χ0v) is 10.4. The van der Waals surface area contributed by atoms with Crippen LogP contribution in [-0.2, 0) is 0 Å². The standard InChI is InChI=1S/C7H17N.C4H11N/c1-4-6-7-8(3)5-2;1-4-5(2)3/h4-7H2,1-3H3;4H2,1-3H3. The Bertz CT molecular complexity index is 82.2. The van der Waals surface area contributed by atoms with Crippen LogP contribution in [0.2, 0.25) is 0 Å². The van der Waals surface area contributed by atoms with Gasteiger partial charge in [0.1, 0.15) is 0 Å². The molecule has 0 heterocycles. The van der Waals surface area contributed by atoms with Gasteiger partial charge < -0.3 is 9.80 Å². The Kier molecular flexibility index (Phi) is 14.1. The fourth-order valence-corrected chi connectivity index (χ4v) is 0.586. The lowest BCUT2D eigenvalue weighted by molar-refractivity contribution is 0.346. The maximum absolute atomic E-state index is 2.34. The zero-order chi connectivity index (χ0) is 10.7. The minimum Gasteiger partial charge on any atom is -0.310 e. The summed E-state index contributed by atoms with van der Waals surface area (Å²) in [7, 11) is 6.27. The Labute approximate surface area is 84.9 Å². The normalized spacial score (nSPS) is 10.2. The van der Waals surface area contributed by atoms with Gasteiger partial charge in [0.15, 0.2) is 0 Å². The second kappa shape index (κ2) is 11.9. The summed E-state index contributed by atoms with van der Waals surface area (Å²) >= 11 is 0. The van der Waals surface area contributed by atoms with Gasteiger partial charge in [-0.25, -0.2) is 0 Å². The third-order valence-corrected chi connectivity index (χ3v) is 2.07. The van der Waals surface area contributed by atoms with Gasteiger partial charge in [-0.2, -0.15) is 0 Å². The molecule has 0 saturated heterocycles. The van der Waals surface area contributed by atoms with Crippen molar-refractivity contribution in [3.05, 3.63) is 0 Å². The van der Waals surface area contributed by atoms with E-state index in [0.717, 1.165) is 6.54 Å². The van der Waals surface area contributed by atoms with Crippen molar-refractivity contribution in [3.63, 3.8) is 0 Å². The maximum Gasteiger partial charge on any atom is -0.00220 e. The van der Waals surface area contributed by atoms with Gasteiger partial charge in [-0.15, -0.1) is 0 Å². The molecule has 0 saturated carbocycles. The smallest absolute Gasteiger partial charge is 0.00220 e. The van der Waals surface area contributed by atoms with Gasteiger partial charge in [-0.3, -0.25) is 0 Å². The largest absolute Gasteiger partial charge is 0.310 e. The minimum atomic E-state index is 1.14. The monoisotopic (exact) mass is 188 g/mol. The minimum absolute atomic E-state index is 1.14. The Morgan fingerprint density at radius 3 is 1.54 bits per heavy atom. The van der Waals surface area contributed by atoms with E-state index in [1.807, 2.05) is 0 Å². The molecule has 0 aliphatic rings. The average Bonchev–Trinajstić information content (AvgIpc) is 2.15. The first-order valence-electron chi connectivity index (χ1n) is 5.41. The Morgan fingerprint density at radius 1 is 0.846 bits per heavy atom. The van der Waals surface area contributed by atoms with Crippen molar-refractivity contribution in [2.24, 2.45) is 0 Å². The van der Waals surface area contributed by atoms with Crippen molar-refractivity contribution in [1.82, 2.24) is 9.80 Å². The van der Waals surface area contributed by atoms with Gasteiger partial charge in [0, 0.05) is 0 Å². The first-order valence-corrected chi connectivity index (χ1v) is 5.41. The topological polar surface area (TPSA) is 6.48 Å². The Balaban J connectivity index is 0. The summed E-state index contributed by atoms with van der Waals surface area (Å²) in [4.78, 5) is 4.46. The highest BCUT2D eigenvalue weighted by atomic mass is 15.1. The van der Waals surface area contributed by atoms with Crippen LogP contribution in [0.5, 0.6) is 0 Å². The van der Waals surface area contributed by atoms with Crippen molar-refractivity contribution in [1.29, 1.82) is 0 Å². The molecule has 0 radical (unpaired) electrons. The first-order chi connectivity index (χ1) is 6.08. The van der Waals surface area contributed by atoms with Crippen LogP contribution in [0.15, 0.2) is 0 Å². The molecular formula is C11H28N2. The molecule has 2 heteroatoms. The summed E-state index contributed by atoms with van der Waals surface area (Å²) in [6.45, 7) is 10.1. The summed E-state index contributed by atoms with van der Waals surface area (Å²) < 4.78 is 0. The van der Waals surface area contributed by atoms with Crippen molar-refractivity contribution in [3.8, 4) is 0 Å². The van der Waals surface area contributed by atoms with Crippen molar-refractivity contribution >= 4 is 0 Å². The molecule has 0 fully saturated rings. The predicted molar refractivity (Wildman–Crippen MR) is 62.3 cm³/mol. The van der Waals surface area contributed by atoms with Gasteiger partial charge in [0.05, 0.1) is 0 Å². The van der Waals surface area contributed by atoms with E-state index in [2.05, 4.69) is 51.7 Å². The lowest BCUT2D eigenvalue weighted by Gasteiger charge is -2.11. The van der Waals surface area contributed by atoms with E-state index < -0.39 is 0 Å². The molecule has 0 bridgehead atoms. The summed E-state index contributed by atoms with van der Waals surface area (Å²) in [6, 6.07) is 0. The quantitative estimate of drug-likeness (QED) is 0.653. The highest BCUT2D eigenvalue weighted by Gasteiger charge is 1.89. The van der Waals surface area contributed by atoms with Crippen molar-refractivity contribution in [2.75, 3.05) is 40.8 Å². The van der Waals surface area contributed by atoms with Crippen LogP contribution in [0, 0.1) is 0 Å². The second-order valence-corrected chi connectivity index (χ2v) is 3.65. The van der Waals surface area contributed by atoms with Crippen LogP contribution >= 0.6 is 0 Å². The predicted octanol–water partition coefficient (Wildman–Crippen LogP) is 2.31. The van der Waals surface area contributed by atoms with Gasteiger partial charge in [-0.05, 0) is 47.2 Å². The summed E-state index contributed by atoms with van der Waals surface area (Å²) in [5.74, 6) is 0. The van der Waals surface area contributed by atoms with Crippen LogP contribution in [0.3, 0.4) is 0 Å². The molecule has 0 spiro atoms. The third-order valence-electron chi connectivity index (χ3n) is 2.07. The van der Waals surface area contributed by atoms with E-state index in [9.17, 15) is 0 Å². The molecule has 0 aromatic carbocycles. The fraction of sp³-hybridized carbons (Fsp3) is 1.00. The van der Waals surface area contributed by atoms with Gasteiger partial charge in [0.25, 0.3) is 0 Å². The summed E-state index contributed by atoms with van der Waals surface area (Å²) in [5.41, 5.74) is 0. The number of hydrogen-bond donors (Lipinski definition) is 0. The number of unbranched alkanes of at least 4 members (excludes halogenated alkanes) is 1. The fourth-order valence-electron chi connectivity index (χ4n) is 0.586. The van der Waals surface area contributed by atoms with E-state index in [1.165, 1.54) is 25.9 Å². The molecular weight excluding hydrogens is 160 g/mol. The summed E-state index contributed by atoms with van der Waals surface area (Å²) in [5, 5.41) is 0. The molecule has 0 atom stereocenters. The molecule has 2 nitrogen and oxygen atoms in total. The second-order valence-electron chi connectivity index (χ2n) is 3.65. The highest BCUT2D eigenvalue weighted by molar-refractivity contribution is 4.44. The maximum atomic E-state index is 2.34. The Hall–Kier alpha value is -0.0800. The van der Waals surface area contributed by atoms with E-state index >= 15 is 0 Å². The molecule has 0 aliphatic carbocycles.